The standard InChI is InChI=1S/C29H31N3O4.C2H6/c1-29(2,3)36-28(34)31-14-13-25-24(18-31)23-11-10-21(16-26(23)30(25)4)32-15-12-22(17-27(32)33)35-19-20-8-6-5-7-9-20;1-2/h5-12,15-17H,13-14,18-19H2,1-4H3;1-2H3. The number of nitrogens with zero attached hydrogens (tertiary/aromatic N) is 3. The summed E-state index contributed by atoms with van der Waals surface area (Å²) >= 11 is 0. The lowest BCUT2D eigenvalue weighted by Gasteiger charge is -2.30. The molecule has 3 heterocycles. The molecule has 0 radical (unpaired) electrons. The first-order chi connectivity index (χ1) is 18.2. The Morgan fingerprint density at radius 1 is 1.00 bits per heavy atom. The number of pyridine rings is 1. The van der Waals surface area contributed by atoms with Gasteiger partial charge in [-0.2, -0.15) is 0 Å². The fourth-order valence-electron chi connectivity index (χ4n) is 4.70. The number of rotatable bonds is 4. The van der Waals surface area contributed by atoms with Crippen LogP contribution in [-0.2, 0) is 31.4 Å². The number of fused-ring (bicyclic) bond motifs is 3. The van der Waals surface area contributed by atoms with Crippen molar-refractivity contribution in [2.45, 2.75) is 59.8 Å². The van der Waals surface area contributed by atoms with Crippen molar-refractivity contribution in [1.82, 2.24) is 14.0 Å². The van der Waals surface area contributed by atoms with Crippen LogP contribution in [-0.4, -0.2) is 32.3 Å². The first kappa shape index (κ1) is 27.0. The fraction of sp³-hybridized carbons (Fsp3) is 0.355. The number of carbonyl (C=O) groups is 1. The Hall–Kier alpha value is -4.00. The molecule has 5 rings (SSSR count). The molecule has 7 heteroatoms. The van der Waals surface area contributed by atoms with Crippen molar-refractivity contribution in [2.75, 3.05) is 6.54 Å². The summed E-state index contributed by atoms with van der Waals surface area (Å²) in [5.41, 5.74) is 4.51. The van der Waals surface area contributed by atoms with Crippen molar-refractivity contribution in [3.05, 3.63) is 94.0 Å². The first-order valence-corrected chi connectivity index (χ1v) is 13.2. The number of aryl methyl sites for hydroxylation is 1. The van der Waals surface area contributed by atoms with Crippen LogP contribution in [0.3, 0.4) is 0 Å². The predicted octanol–water partition coefficient (Wildman–Crippen LogP) is 6.23. The molecule has 7 nitrogen and oxygen atoms in total. The average molecular weight is 516 g/mol. The minimum atomic E-state index is -0.527. The van der Waals surface area contributed by atoms with Gasteiger partial charge in [0.1, 0.15) is 18.0 Å². The van der Waals surface area contributed by atoms with Crippen LogP contribution in [0.2, 0.25) is 0 Å². The highest BCUT2D eigenvalue weighted by molar-refractivity contribution is 5.88. The van der Waals surface area contributed by atoms with E-state index in [1.165, 1.54) is 11.8 Å². The molecule has 1 aliphatic heterocycles. The zero-order valence-corrected chi connectivity index (χ0v) is 23.2. The molecule has 1 aliphatic rings. The van der Waals surface area contributed by atoms with Crippen LogP contribution in [0.15, 0.2) is 71.7 Å². The van der Waals surface area contributed by atoms with Gasteiger partial charge in [0.2, 0.25) is 0 Å². The van der Waals surface area contributed by atoms with Gasteiger partial charge in [-0.25, -0.2) is 4.79 Å². The van der Waals surface area contributed by atoms with E-state index in [2.05, 4.69) is 4.57 Å². The monoisotopic (exact) mass is 515 g/mol. The second-order valence-electron chi connectivity index (χ2n) is 10.2. The summed E-state index contributed by atoms with van der Waals surface area (Å²) in [7, 11) is 2.04. The Labute approximate surface area is 224 Å². The molecule has 1 amide bonds. The van der Waals surface area contributed by atoms with Gasteiger partial charge in [-0.1, -0.05) is 50.2 Å². The molecule has 0 saturated carbocycles. The highest BCUT2D eigenvalue weighted by Gasteiger charge is 2.29. The second-order valence-corrected chi connectivity index (χ2v) is 10.2. The molecule has 0 bridgehead atoms. The molecule has 0 saturated heterocycles. The van der Waals surface area contributed by atoms with Crippen molar-refractivity contribution in [3.8, 4) is 11.4 Å². The molecule has 200 valence electrons. The molecule has 0 atom stereocenters. The van der Waals surface area contributed by atoms with Crippen molar-refractivity contribution < 1.29 is 14.3 Å². The minimum absolute atomic E-state index is 0.157. The lowest BCUT2D eigenvalue weighted by molar-refractivity contribution is 0.0223. The quantitative estimate of drug-likeness (QED) is 0.323. The SMILES string of the molecule is CC.Cn1c2c(c3ccc(-n4ccc(OCc5ccccc5)cc4=O)cc31)CN(C(=O)OC(C)(C)C)CC2. The van der Waals surface area contributed by atoms with E-state index in [1.807, 2.05) is 96.3 Å². The summed E-state index contributed by atoms with van der Waals surface area (Å²) in [6, 6.07) is 19.2. The molecule has 0 unspecified atom stereocenters. The van der Waals surface area contributed by atoms with Gasteiger partial charge in [0, 0.05) is 48.9 Å². The normalized spacial score (nSPS) is 12.9. The van der Waals surface area contributed by atoms with Crippen LogP contribution >= 0.6 is 0 Å². The van der Waals surface area contributed by atoms with Crippen LogP contribution in [0.25, 0.3) is 16.6 Å². The van der Waals surface area contributed by atoms with Crippen molar-refractivity contribution in [1.29, 1.82) is 0 Å². The van der Waals surface area contributed by atoms with Gasteiger partial charge in [-0.15, -0.1) is 0 Å². The number of amides is 1. The summed E-state index contributed by atoms with van der Waals surface area (Å²) in [5.74, 6) is 0.540. The maximum absolute atomic E-state index is 12.9. The van der Waals surface area contributed by atoms with Crippen LogP contribution in [0, 0.1) is 0 Å². The van der Waals surface area contributed by atoms with Crippen LogP contribution in [0.1, 0.15) is 51.4 Å². The summed E-state index contributed by atoms with van der Waals surface area (Å²) in [5, 5.41) is 1.08. The summed E-state index contributed by atoms with van der Waals surface area (Å²) in [6.45, 7) is 11.2. The molecule has 0 spiro atoms. The third-order valence-corrected chi connectivity index (χ3v) is 6.46. The maximum atomic E-state index is 12.9. The fourth-order valence-corrected chi connectivity index (χ4v) is 4.70. The Bertz CT molecular complexity index is 1480. The molecular weight excluding hydrogens is 478 g/mol. The van der Waals surface area contributed by atoms with Crippen LogP contribution in [0.5, 0.6) is 5.75 Å². The number of hydrogen-bond donors (Lipinski definition) is 0. The average Bonchev–Trinajstić information content (AvgIpc) is 3.19. The zero-order valence-electron chi connectivity index (χ0n) is 23.2. The van der Waals surface area contributed by atoms with Crippen LogP contribution in [0.4, 0.5) is 4.79 Å². The molecule has 0 N–H and O–H groups in total. The third kappa shape index (κ3) is 5.77. The van der Waals surface area contributed by atoms with E-state index in [4.69, 9.17) is 9.47 Å². The van der Waals surface area contributed by atoms with E-state index in [0.717, 1.165) is 34.1 Å². The van der Waals surface area contributed by atoms with E-state index in [-0.39, 0.29) is 11.7 Å². The molecule has 2 aromatic heterocycles. The summed E-state index contributed by atoms with van der Waals surface area (Å²) < 4.78 is 15.2. The predicted molar refractivity (Wildman–Crippen MR) is 151 cm³/mol. The molecular formula is C31H37N3O4. The van der Waals surface area contributed by atoms with Crippen molar-refractivity contribution in [2.24, 2.45) is 7.05 Å². The molecule has 38 heavy (non-hydrogen) atoms. The zero-order chi connectivity index (χ0) is 27.4. The van der Waals surface area contributed by atoms with Gasteiger partial charge in [0.25, 0.3) is 5.56 Å². The van der Waals surface area contributed by atoms with E-state index >= 15 is 0 Å². The van der Waals surface area contributed by atoms with Gasteiger partial charge in [0.05, 0.1) is 17.7 Å². The second kappa shape index (κ2) is 11.2. The Kier molecular flexibility index (Phi) is 7.95. The molecule has 0 aliphatic carbocycles. The number of hydrogen-bond acceptors (Lipinski definition) is 4. The number of aromatic nitrogens is 2. The Morgan fingerprint density at radius 3 is 2.42 bits per heavy atom. The van der Waals surface area contributed by atoms with Gasteiger partial charge < -0.3 is 18.9 Å². The molecule has 0 fully saturated rings. The van der Waals surface area contributed by atoms with E-state index in [1.54, 1.807) is 15.7 Å². The highest BCUT2D eigenvalue weighted by atomic mass is 16.6. The smallest absolute Gasteiger partial charge is 0.410 e. The van der Waals surface area contributed by atoms with Crippen LogP contribution < -0.4 is 10.3 Å². The topological polar surface area (TPSA) is 65.7 Å². The third-order valence-electron chi connectivity index (χ3n) is 6.46. The minimum Gasteiger partial charge on any atom is -0.489 e. The van der Waals surface area contributed by atoms with Crippen molar-refractivity contribution in [3.63, 3.8) is 0 Å². The number of benzene rings is 2. The van der Waals surface area contributed by atoms with E-state index in [9.17, 15) is 9.59 Å². The van der Waals surface area contributed by atoms with Gasteiger partial charge >= 0.3 is 6.09 Å². The number of ether oxygens (including phenoxy) is 2. The van der Waals surface area contributed by atoms with Crippen molar-refractivity contribution >= 4 is 17.0 Å². The Morgan fingerprint density at radius 2 is 1.74 bits per heavy atom. The molecule has 4 aromatic rings. The van der Waals surface area contributed by atoms with Gasteiger partial charge in [0.15, 0.2) is 0 Å². The summed E-state index contributed by atoms with van der Waals surface area (Å²) in [6.07, 6.45) is 2.21. The van der Waals surface area contributed by atoms with E-state index < -0.39 is 5.60 Å². The Balaban J connectivity index is 0.00000164. The lowest BCUT2D eigenvalue weighted by atomic mass is 10.0. The molecule has 2 aromatic carbocycles. The van der Waals surface area contributed by atoms with Gasteiger partial charge in [-0.3, -0.25) is 9.36 Å². The number of carbonyl (C=O) groups excluding carboxylic acids is 1. The van der Waals surface area contributed by atoms with E-state index in [0.29, 0.717) is 25.4 Å². The maximum Gasteiger partial charge on any atom is 0.410 e. The highest BCUT2D eigenvalue weighted by Crippen LogP contribution is 2.32. The lowest BCUT2D eigenvalue weighted by Crippen LogP contribution is -2.40. The summed E-state index contributed by atoms with van der Waals surface area (Å²) in [4.78, 5) is 27.3. The first-order valence-electron chi connectivity index (χ1n) is 13.2. The van der Waals surface area contributed by atoms with Gasteiger partial charge in [-0.05, 0) is 44.5 Å². The largest absolute Gasteiger partial charge is 0.489 e.